The summed E-state index contributed by atoms with van der Waals surface area (Å²) in [5, 5.41) is 0. The molecule has 0 radical (unpaired) electrons. The molecular weight excluding hydrogens is 260 g/mol. The summed E-state index contributed by atoms with van der Waals surface area (Å²) in [6, 6.07) is 4.33. The zero-order valence-corrected chi connectivity index (χ0v) is 12.9. The second-order valence-corrected chi connectivity index (χ2v) is 5.93. The maximum atomic E-state index is 6.47. The van der Waals surface area contributed by atoms with Gasteiger partial charge in [0.15, 0.2) is 0 Å². The van der Waals surface area contributed by atoms with Crippen molar-refractivity contribution in [2.45, 2.75) is 58.0 Å². The van der Waals surface area contributed by atoms with Gasteiger partial charge in [-0.15, -0.1) is 0 Å². The van der Waals surface area contributed by atoms with Gasteiger partial charge in [-0.05, 0) is 50.7 Å². The van der Waals surface area contributed by atoms with Crippen molar-refractivity contribution in [3.8, 4) is 0 Å². The van der Waals surface area contributed by atoms with E-state index >= 15 is 0 Å². The third-order valence-corrected chi connectivity index (χ3v) is 4.53. The lowest BCUT2D eigenvalue weighted by Gasteiger charge is -2.28. The van der Waals surface area contributed by atoms with Crippen LogP contribution in [0.15, 0.2) is 24.5 Å². The van der Waals surface area contributed by atoms with E-state index < -0.39 is 0 Å². The smallest absolute Gasteiger partial charge is 0.106 e. The number of hydrogen-bond donors (Lipinski definition) is 1. The molecule has 2 N–H and O–H groups in total. The summed E-state index contributed by atoms with van der Waals surface area (Å²) in [7, 11) is 0. The van der Waals surface area contributed by atoms with Gasteiger partial charge in [-0.25, -0.2) is 4.98 Å². The average molecular weight is 284 g/mol. The van der Waals surface area contributed by atoms with Crippen molar-refractivity contribution in [2.75, 3.05) is 0 Å². The summed E-state index contributed by atoms with van der Waals surface area (Å²) in [6.45, 7) is 4.25. The van der Waals surface area contributed by atoms with E-state index in [4.69, 9.17) is 10.7 Å². The Morgan fingerprint density at radius 3 is 2.86 bits per heavy atom. The molecule has 1 aliphatic carbocycles. The highest BCUT2D eigenvalue weighted by Gasteiger charge is 2.27. The second kappa shape index (κ2) is 5.98. The highest BCUT2D eigenvalue weighted by Crippen LogP contribution is 2.30. The summed E-state index contributed by atoms with van der Waals surface area (Å²) >= 11 is 0. The Hall–Kier alpha value is -1.68. The summed E-state index contributed by atoms with van der Waals surface area (Å²) in [6.07, 6.45) is 9.41. The fraction of sp³-hybridized carbons (Fsp3) is 0.529. The molecule has 2 atom stereocenters. The molecule has 4 heteroatoms. The lowest BCUT2D eigenvalue weighted by molar-refractivity contribution is 0.434. The van der Waals surface area contributed by atoms with Gasteiger partial charge in [-0.3, -0.25) is 4.98 Å². The fourth-order valence-electron chi connectivity index (χ4n) is 3.43. The Kier molecular flexibility index (Phi) is 4.06. The first-order valence-electron chi connectivity index (χ1n) is 7.94. The Bertz CT molecular complexity index is 603. The van der Waals surface area contributed by atoms with E-state index in [0.29, 0.717) is 0 Å². The molecular formula is C17H24N4. The highest BCUT2D eigenvalue weighted by molar-refractivity contribution is 5.26. The molecule has 2 heterocycles. The molecule has 2 aromatic heterocycles. The van der Waals surface area contributed by atoms with Crippen molar-refractivity contribution in [2.24, 2.45) is 5.73 Å². The quantitative estimate of drug-likeness (QED) is 0.939. The Morgan fingerprint density at radius 2 is 2.14 bits per heavy atom. The maximum Gasteiger partial charge on any atom is 0.106 e. The first kappa shape index (κ1) is 14.3. The van der Waals surface area contributed by atoms with E-state index in [1.165, 1.54) is 29.8 Å². The van der Waals surface area contributed by atoms with Gasteiger partial charge in [0.05, 0.1) is 11.7 Å². The zero-order valence-electron chi connectivity index (χ0n) is 12.9. The molecule has 0 spiro atoms. The van der Waals surface area contributed by atoms with Crippen LogP contribution in [-0.2, 0) is 12.8 Å². The van der Waals surface area contributed by atoms with Gasteiger partial charge in [0.2, 0.25) is 0 Å². The number of hydrogen-bond acceptors (Lipinski definition) is 3. The maximum absolute atomic E-state index is 6.47. The monoisotopic (exact) mass is 284 g/mol. The standard InChI is InChI=1S/C17H24N4/c1-3-14(18)17(13-7-6-10-19-11-13)21-12(2)20-15-8-4-5-9-16(15)21/h6-7,10-11,14,17H,3-5,8-9,18H2,1-2H3. The van der Waals surface area contributed by atoms with E-state index in [2.05, 4.69) is 29.5 Å². The SMILES string of the molecule is CCC(N)C(c1cccnc1)n1c(C)nc2c1CCCC2. The largest absolute Gasteiger partial charge is 0.326 e. The molecule has 21 heavy (non-hydrogen) atoms. The molecule has 2 aromatic rings. The van der Waals surface area contributed by atoms with Crippen LogP contribution in [0, 0.1) is 6.92 Å². The number of nitrogens with two attached hydrogens (primary N) is 1. The minimum absolute atomic E-state index is 0.0770. The molecule has 0 saturated heterocycles. The van der Waals surface area contributed by atoms with E-state index in [9.17, 15) is 0 Å². The summed E-state index contributed by atoms with van der Waals surface area (Å²) < 4.78 is 2.37. The Labute approximate surface area is 126 Å². The molecule has 0 aromatic carbocycles. The van der Waals surface area contributed by atoms with Crippen LogP contribution in [-0.4, -0.2) is 20.6 Å². The van der Waals surface area contributed by atoms with E-state index in [1.807, 2.05) is 18.5 Å². The first-order chi connectivity index (χ1) is 10.2. The number of nitrogens with zero attached hydrogens (tertiary/aromatic N) is 3. The number of imidazole rings is 1. The lowest BCUT2D eigenvalue weighted by Crippen LogP contribution is -2.34. The first-order valence-corrected chi connectivity index (χ1v) is 7.94. The van der Waals surface area contributed by atoms with Crippen LogP contribution in [0.5, 0.6) is 0 Å². The molecule has 4 nitrogen and oxygen atoms in total. The Morgan fingerprint density at radius 1 is 1.33 bits per heavy atom. The normalized spacial score (nSPS) is 17.3. The number of aromatic nitrogens is 3. The molecule has 2 unspecified atom stereocenters. The average Bonchev–Trinajstić information content (AvgIpc) is 2.85. The van der Waals surface area contributed by atoms with Crippen LogP contribution in [0.2, 0.25) is 0 Å². The van der Waals surface area contributed by atoms with Crippen molar-refractivity contribution < 1.29 is 0 Å². The van der Waals surface area contributed by atoms with Gasteiger partial charge in [0, 0.05) is 24.1 Å². The number of fused-ring (bicyclic) bond motifs is 1. The van der Waals surface area contributed by atoms with Gasteiger partial charge in [0.1, 0.15) is 5.82 Å². The van der Waals surface area contributed by atoms with Crippen LogP contribution < -0.4 is 5.73 Å². The highest BCUT2D eigenvalue weighted by atomic mass is 15.1. The van der Waals surface area contributed by atoms with Gasteiger partial charge < -0.3 is 10.3 Å². The van der Waals surface area contributed by atoms with E-state index in [1.54, 1.807) is 0 Å². The topological polar surface area (TPSA) is 56.7 Å². The fourth-order valence-corrected chi connectivity index (χ4v) is 3.43. The summed E-state index contributed by atoms with van der Waals surface area (Å²) in [5.41, 5.74) is 10.3. The number of aryl methyl sites for hydroxylation is 2. The third kappa shape index (κ3) is 2.60. The molecule has 0 amide bonds. The van der Waals surface area contributed by atoms with Crippen molar-refractivity contribution >= 4 is 0 Å². The molecule has 0 bridgehead atoms. The predicted molar refractivity (Wildman–Crippen MR) is 84.2 cm³/mol. The van der Waals surface area contributed by atoms with Crippen LogP contribution >= 0.6 is 0 Å². The van der Waals surface area contributed by atoms with Crippen molar-refractivity contribution in [1.29, 1.82) is 0 Å². The van der Waals surface area contributed by atoms with Crippen LogP contribution in [0.25, 0.3) is 0 Å². The second-order valence-electron chi connectivity index (χ2n) is 5.93. The predicted octanol–water partition coefficient (Wildman–Crippen LogP) is 2.79. The molecule has 0 aliphatic heterocycles. The lowest BCUT2D eigenvalue weighted by atomic mass is 9.96. The van der Waals surface area contributed by atoms with Gasteiger partial charge in [0.25, 0.3) is 0 Å². The van der Waals surface area contributed by atoms with Crippen molar-refractivity contribution in [3.63, 3.8) is 0 Å². The molecule has 0 fully saturated rings. The van der Waals surface area contributed by atoms with E-state index in [0.717, 1.165) is 25.1 Å². The molecule has 0 saturated carbocycles. The van der Waals surface area contributed by atoms with Gasteiger partial charge in [-0.1, -0.05) is 13.0 Å². The summed E-state index contributed by atoms with van der Waals surface area (Å²) in [4.78, 5) is 9.09. The van der Waals surface area contributed by atoms with Gasteiger partial charge >= 0.3 is 0 Å². The molecule has 3 rings (SSSR count). The van der Waals surface area contributed by atoms with Gasteiger partial charge in [-0.2, -0.15) is 0 Å². The van der Waals surface area contributed by atoms with Crippen LogP contribution in [0.1, 0.15) is 55.0 Å². The van der Waals surface area contributed by atoms with Crippen LogP contribution in [0.4, 0.5) is 0 Å². The zero-order chi connectivity index (χ0) is 14.8. The Balaban J connectivity index is 2.11. The molecule has 1 aliphatic rings. The van der Waals surface area contributed by atoms with Crippen molar-refractivity contribution in [3.05, 3.63) is 47.3 Å². The number of rotatable bonds is 4. The number of pyridine rings is 1. The molecule has 112 valence electrons. The third-order valence-electron chi connectivity index (χ3n) is 4.53. The van der Waals surface area contributed by atoms with Crippen molar-refractivity contribution in [1.82, 2.24) is 14.5 Å². The van der Waals surface area contributed by atoms with Crippen LogP contribution in [0.3, 0.4) is 0 Å². The van der Waals surface area contributed by atoms with E-state index in [-0.39, 0.29) is 12.1 Å². The minimum atomic E-state index is 0.0770. The minimum Gasteiger partial charge on any atom is -0.326 e. The summed E-state index contributed by atoms with van der Waals surface area (Å²) in [5.74, 6) is 1.08.